The van der Waals surface area contributed by atoms with Gasteiger partial charge in [-0.3, -0.25) is 9.63 Å². The smallest absolute Gasteiger partial charge is 0.416 e. The number of hydrogen-bond acceptors (Lipinski definition) is 8. The van der Waals surface area contributed by atoms with Crippen LogP contribution in [0, 0.1) is 11.8 Å². The largest absolute Gasteiger partial charge is 0.494 e. The van der Waals surface area contributed by atoms with Crippen molar-refractivity contribution in [2.24, 2.45) is 11.8 Å². The first kappa shape index (κ1) is 31.0. The molecule has 2 saturated heterocycles. The fourth-order valence-corrected chi connectivity index (χ4v) is 6.44. The Morgan fingerprint density at radius 1 is 1.04 bits per heavy atom. The van der Waals surface area contributed by atoms with E-state index >= 15 is 0 Å². The van der Waals surface area contributed by atoms with E-state index in [2.05, 4.69) is 32.1 Å². The Bertz CT molecular complexity index is 1580. The number of carbonyl (C=O) groups excluding carboxylic acids is 1. The van der Waals surface area contributed by atoms with Gasteiger partial charge in [0, 0.05) is 36.7 Å². The average molecular weight is 643 g/mol. The van der Waals surface area contributed by atoms with Crippen LogP contribution in [0.25, 0.3) is 0 Å². The van der Waals surface area contributed by atoms with Crippen LogP contribution in [0.1, 0.15) is 49.3 Å². The maximum Gasteiger partial charge on any atom is 0.416 e. The summed E-state index contributed by atoms with van der Waals surface area (Å²) in [4.78, 5) is 29.2. The number of carbonyl (C=O) groups is 1. The lowest BCUT2D eigenvalue weighted by atomic mass is 9.92. The zero-order chi connectivity index (χ0) is 31.7. The van der Waals surface area contributed by atoms with Gasteiger partial charge in [0.25, 0.3) is 0 Å². The Balaban J connectivity index is 1.27. The molecule has 3 heterocycles. The van der Waals surface area contributed by atoms with E-state index in [9.17, 15) is 18.0 Å². The summed E-state index contributed by atoms with van der Waals surface area (Å²) in [7, 11) is 1.57. The fraction of sp³-hybridized carbons (Fsp3) is 0.406. The van der Waals surface area contributed by atoms with Gasteiger partial charge in [-0.15, -0.1) is 0 Å². The fourth-order valence-electron chi connectivity index (χ4n) is 6.20. The Morgan fingerprint density at radius 3 is 2.49 bits per heavy atom. The van der Waals surface area contributed by atoms with E-state index in [0.717, 1.165) is 55.6 Å². The van der Waals surface area contributed by atoms with Crippen LogP contribution >= 0.6 is 11.6 Å². The highest BCUT2D eigenvalue weighted by atomic mass is 35.5. The minimum atomic E-state index is -4.54. The van der Waals surface area contributed by atoms with Gasteiger partial charge in [-0.2, -0.15) is 13.2 Å². The minimum Gasteiger partial charge on any atom is -0.494 e. The summed E-state index contributed by atoms with van der Waals surface area (Å²) in [5, 5.41) is 7.64. The van der Waals surface area contributed by atoms with Gasteiger partial charge in [0.15, 0.2) is 5.82 Å². The number of nitrogens with one attached hydrogen (secondary N) is 2. The number of ether oxygens (including phenoxy) is 1. The molecule has 0 bridgehead atoms. The highest BCUT2D eigenvalue weighted by Crippen LogP contribution is 2.45. The zero-order valence-electron chi connectivity index (χ0n) is 24.7. The topological polar surface area (TPSA) is 91.9 Å². The lowest BCUT2D eigenvalue weighted by Crippen LogP contribution is -2.35. The summed E-state index contributed by atoms with van der Waals surface area (Å²) < 4.78 is 46.3. The Labute approximate surface area is 264 Å². The van der Waals surface area contributed by atoms with Crippen molar-refractivity contribution in [2.75, 3.05) is 47.4 Å². The number of halogens is 4. The molecular weight excluding hydrogens is 609 g/mol. The monoisotopic (exact) mass is 642 g/mol. The number of aromatic nitrogens is 2. The molecule has 1 unspecified atom stereocenters. The number of amides is 1. The van der Waals surface area contributed by atoms with Gasteiger partial charge in [-0.1, -0.05) is 18.2 Å². The molecule has 238 valence electrons. The predicted octanol–water partition coefficient (Wildman–Crippen LogP) is 7.53. The van der Waals surface area contributed by atoms with Gasteiger partial charge in [0.2, 0.25) is 5.91 Å². The summed E-state index contributed by atoms with van der Waals surface area (Å²) in [6.07, 6.45) is 3.33. The van der Waals surface area contributed by atoms with Crippen LogP contribution in [0.15, 0.2) is 55.4 Å². The van der Waals surface area contributed by atoms with Crippen molar-refractivity contribution in [3.8, 4) is 5.75 Å². The van der Waals surface area contributed by atoms with Gasteiger partial charge >= 0.3 is 6.18 Å². The molecule has 13 heteroatoms. The van der Waals surface area contributed by atoms with E-state index in [0.29, 0.717) is 40.7 Å². The van der Waals surface area contributed by atoms with Crippen LogP contribution in [0.5, 0.6) is 5.75 Å². The van der Waals surface area contributed by atoms with Crippen molar-refractivity contribution in [2.45, 2.75) is 44.3 Å². The molecule has 45 heavy (non-hydrogen) atoms. The maximum absolute atomic E-state index is 13.5. The molecule has 6 rings (SSSR count). The Kier molecular flexibility index (Phi) is 8.78. The van der Waals surface area contributed by atoms with Crippen LogP contribution in [0.3, 0.4) is 0 Å². The number of piperidine rings is 1. The molecule has 3 fully saturated rings. The first-order valence-electron chi connectivity index (χ1n) is 14.9. The van der Waals surface area contributed by atoms with Crippen LogP contribution < -0.4 is 25.3 Å². The van der Waals surface area contributed by atoms with E-state index in [1.54, 1.807) is 19.2 Å². The predicted molar refractivity (Wildman–Crippen MR) is 167 cm³/mol. The number of nitrogens with zero attached hydrogens (tertiary/aromatic N) is 4. The summed E-state index contributed by atoms with van der Waals surface area (Å²) >= 11 is 6.07. The molecule has 9 nitrogen and oxygen atoms in total. The third-order valence-electron chi connectivity index (χ3n) is 8.61. The number of hydroxylamine groups is 1. The van der Waals surface area contributed by atoms with Crippen LogP contribution in [-0.4, -0.2) is 42.7 Å². The van der Waals surface area contributed by atoms with Gasteiger partial charge in [0.05, 0.1) is 42.4 Å². The summed E-state index contributed by atoms with van der Waals surface area (Å²) in [5.74, 6) is 2.55. The maximum atomic E-state index is 13.5. The second-order valence-corrected chi connectivity index (χ2v) is 12.0. The third kappa shape index (κ3) is 6.96. The number of anilines is 5. The van der Waals surface area contributed by atoms with Crippen molar-refractivity contribution in [3.63, 3.8) is 0 Å². The Hall–Kier alpha value is -4.03. The molecule has 1 aliphatic carbocycles. The van der Waals surface area contributed by atoms with Crippen molar-refractivity contribution >= 4 is 46.2 Å². The van der Waals surface area contributed by atoms with Gasteiger partial charge < -0.3 is 20.3 Å². The van der Waals surface area contributed by atoms with Crippen LogP contribution in [0.2, 0.25) is 5.02 Å². The highest BCUT2D eigenvalue weighted by Gasteiger charge is 2.36. The zero-order valence-corrected chi connectivity index (χ0v) is 25.5. The molecular formula is C32H34ClF3N6O3. The number of benzene rings is 2. The highest BCUT2D eigenvalue weighted by molar-refractivity contribution is 6.30. The van der Waals surface area contributed by atoms with Gasteiger partial charge in [0.1, 0.15) is 17.9 Å². The van der Waals surface area contributed by atoms with Crippen molar-refractivity contribution < 1.29 is 27.5 Å². The summed E-state index contributed by atoms with van der Waals surface area (Å²) in [6, 6.07) is 8.26. The molecule has 3 aliphatic rings. The molecule has 3 aromatic rings. The van der Waals surface area contributed by atoms with Gasteiger partial charge in [-0.05, 0) is 73.4 Å². The molecule has 1 amide bonds. The van der Waals surface area contributed by atoms with E-state index in [-0.39, 0.29) is 17.5 Å². The molecule has 0 spiro atoms. The van der Waals surface area contributed by atoms with Crippen molar-refractivity contribution in [1.29, 1.82) is 0 Å². The second-order valence-electron chi connectivity index (χ2n) is 11.5. The number of rotatable bonds is 9. The Morgan fingerprint density at radius 2 is 1.80 bits per heavy atom. The SMILES string of the molecule is C=CC(=O)Nc1cc(Nc2cc(N3OCCC3c3cc(Cl)cc(C(F)(F)F)c3)ncn2)c(OC)cc1N1CCC(C2CC2)CC1. The molecule has 2 N–H and O–H groups in total. The van der Waals surface area contributed by atoms with Crippen molar-refractivity contribution in [3.05, 3.63) is 71.5 Å². The third-order valence-corrected chi connectivity index (χ3v) is 8.83. The van der Waals surface area contributed by atoms with Crippen LogP contribution in [0.4, 0.5) is 41.9 Å². The number of methoxy groups -OCH3 is 1. The lowest BCUT2D eigenvalue weighted by molar-refractivity contribution is -0.137. The quantitative estimate of drug-likeness (QED) is 0.232. The van der Waals surface area contributed by atoms with Gasteiger partial charge in [-0.25, -0.2) is 15.0 Å². The summed E-state index contributed by atoms with van der Waals surface area (Å²) in [6.45, 7) is 5.65. The van der Waals surface area contributed by atoms with E-state index < -0.39 is 17.8 Å². The standard InChI is InChI=1S/C32H34ClF3N6O3/c1-3-31(43)40-24-15-25(28(44-2)16-27(24)41-9-6-20(7-10-41)19-4-5-19)39-29-17-30(38-18-37-29)42-26(8-11-45-42)21-12-22(32(34,35)36)14-23(33)13-21/h3,12-20,26H,1,4-11H2,2H3,(H,40,43)(H,37,38,39). The average Bonchev–Trinajstić information content (AvgIpc) is 3.76. The molecule has 1 aromatic heterocycles. The van der Waals surface area contributed by atoms with Crippen molar-refractivity contribution in [1.82, 2.24) is 9.97 Å². The molecule has 1 atom stereocenters. The van der Waals surface area contributed by atoms with E-state index in [4.69, 9.17) is 21.2 Å². The minimum absolute atomic E-state index is 0.0149. The first-order valence-corrected chi connectivity index (χ1v) is 15.3. The summed E-state index contributed by atoms with van der Waals surface area (Å²) in [5.41, 5.74) is 1.54. The molecule has 2 aromatic carbocycles. The molecule has 1 saturated carbocycles. The molecule has 0 radical (unpaired) electrons. The number of alkyl halides is 3. The molecule has 2 aliphatic heterocycles. The number of hydrogen-bond donors (Lipinski definition) is 2. The van der Waals surface area contributed by atoms with E-state index in [1.165, 1.54) is 36.4 Å². The lowest BCUT2D eigenvalue weighted by Gasteiger charge is -2.35. The normalized spacial score (nSPS) is 19.0. The first-order chi connectivity index (χ1) is 21.6. The second kappa shape index (κ2) is 12.8. The van der Waals surface area contributed by atoms with E-state index in [1.807, 2.05) is 6.07 Å². The van der Waals surface area contributed by atoms with Crippen LogP contribution in [-0.2, 0) is 15.8 Å².